The van der Waals surface area contributed by atoms with Crippen molar-refractivity contribution >= 4 is 37.4 Å². The summed E-state index contributed by atoms with van der Waals surface area (Å²) >= 11 is 0. The molecular weight excluding hydrogens is 454 g/mol. The molecule has 0 atom stereocenters. The molecule has 2 rings (SSSR count). The second kappa shape index (κ2) is 10.9. The van der Waals surface area contributed by atoms with Gasteiger partial charge in [0.2, 0.25) is 0 Å². The van der Waals surface area contributed by atoms with Crippen LogP contribution >= 0.6 is 0 Å². The van der Waals surface area contributed by atoms with E-state index in [2.05, 4.69) is 0 Å². The van der Waals surface area contributed by atoms with E-state index in [1.54, 1.807) is 31.1 Å². The summed E-state index contributed by atoms with van der Waals surface area (Å²) < 4.78 is 70.0. The zero-order valence-electron chi connectivity index (χ0n) is 17.5. The van der Waals surface area contributed by atoms with Crippen LogP contribution in [0.4, 0.5) is 11.4 Å². The van der Waals surface area contributed by atoms with Gasteiger partial charge in [-0.3, -0.25) is 4.79 Å². The molecule has 2 aromatic rings. The fraction of sp³-hybridized carbons (Fsp3) is 0.235. The molecule has 0 fully saturated rings. The van der Waals surface area contributed by atoms with E-state index in [9.17, 15) is 30.7 Å². The second-order valence-corrected chi connectivity index (χ2v) is 9.09. The molecule has 0 N–H and O–H groups in total. The van der Waals surface area contributed by atoms with Crippen LogP contribution in [-0.2, 0) is 20.2 Å². The third kappa shape index (κ3) is 6.76. The Morgan fingerprint density at radius 1 is 0.767 bits per heavy atom. The summed E-state index contributed by atoms with van der Waals surface area (Å²) in [5, 5.41) is 0. The van der Waals surface area contributed by atoms with E-state index in [1.165, 1.54) is 31.1 Å². The van der Waals surface area contributed by atoms with Gasteiger partial charge < -0.3 is 18.9 Å². The van der Waals surface area contributed by atoms with Crippen LogP contribution in [0.1, 0.15) is 15.9 Å². The average molecular weight is 472 g/mol. The maximum atomic E-state index is 12.8. The van der Waals surface area contributed by atoms with E-state index in [0.29, 0.717) is 6.07 Å². The third-order valence-electron chi connectivity index (χ3n) is 3.97. The van der Waals surface area contributed by atoms with Gasteiger partial charge in [0.1, 0.15) is 20.2 Å². The van der Waals surface area contributed by atoms with Gasteiger partial charge in [-0.05, 0) is 36.4 Å². The zero-order chi connectivity index (χ0) is 21.4. The first-order chi connectivity index (χ1) is 12.7. The summed E-state index contributed by atoms with van der Waals surface area (Å²) in [5.74, 6) is -0.894. The Bertz CT molecular complexity index is 1130. The van der Waals surface area contributed by atoms with Crippen LogP contribution in [0, 0.1) is 0 Å². The predicted molar refractivity (Wildman–Crippen MR) is 101 cm³/mol. The Kier molecular flexibility index (Phi) is 10.7. The van der Waals surface area contributed by atoms with Crippen molar-refractivity contribution in [2.75, 3.05) is 38.0 Å². The summed E-state index contributed by atoms with van der Waals surface area (Å²) in [4.78, 5) is 14.1. The van der Waals surface area contributed by atoms with Gasteiger partial charge in [0.25, 0.3) is 0 Å². The molecule has 0 radical (unpaired) electrons. The number of nitrogens with zero attached hydrogens (tertiary/aromatic N) is 2. The van der Waals surface area contributed by atoms with Crippen LogP contribution < -0.4 is 68.9 Å². The first-order valence-electron chi connectivity index (χ1n) is 7.82. The van der Waals surface area contributed by atoms with Crippen molar-refractivity contribution in [1.29, 1.82) is 0 Å². The number of hydrogen-bond acceptors (Lipinski definition) is 9. The largest absolute Gasteiger partial charge is 1.00 e. The number of anilines is 2. The summed E-state index contributed by atoms with van der Waals surface area (Å²) in [6, 6.07) is 7.38. The maximum Gasteiger partial charge on any atom is 1.00 e. The van der Waals surface area contributed by atoms with Crippen LogP contribution in [0.3, 0.4) is 0 Å². The molecule has 0 aliphatic rings. The maximum absolute atomic E-state index is 12.8. The molecular formula is C17H18N2Na2O7S2. The van der Waals surface area contributed by atoms with Gasteiger partial charge in [-0.1, -0.05) is 0 Å². The fourth-order valence-corrected chi connectivity index (χ4v) is 3.99. The number of carbonyl (C=O) groups excluding carboxylic acids is 1. The molecule has 2 aromatic carbocycles. The molecule has 0 aromatic heterocycles. The van der Waals surface area contributed by atoms with Gasteiger partial charge in [0.15, 0.2) is 5.78 Å². The summed E-state index contributed by atoms with van der Waals surface area (Å²) in [7, 11) is -3.87. The van der Waals surface area contributed by atoms with Crippen LogP contribution in [0.5, 0.6) is 0 Å². The first kappa shape index (κ1) is 29.5. The van der Waals surface area contributed by atoms with Crippen LogP contribution in [0.25, 0.3) is 0 Å². The van der Waals surface area contributed by atoms with Gasteiger partial charge in [0, 0.05) is 45.0 Å². The predicted octanol–water partition coefficient (Wildman–Crippen LogP) is -5.13. The van der Waals surface area contributed by atoms with Gasteiger partial charge in [-0.2, -0.15) is 0 Å². The van der Waals surface area contributed by atoms with Crippen molar-refractivity contribution in [2.24, 2.45) is 0 Å². The topological polar surface area (TPSA) is 138 Å². The molecule has 9 nitrogen and oxygen atoms in total. The number of carbonyl (C=O) groups is 1. The standard InChI is InChI=1S/C17H20N2O7S2.2Na/c1-18(2)12-7-5-11(6-8-12)17(20)13-9-16(28(24,25)26)14(19(3)4)10-15(13)27(21,22)23;;/h5-10H,1-4H3,(H,21,22,23)(H,24,25,26);;/q;2*+1/p-2. The molecule has 0 heterocycles. The number of ketones is 1. The average Bonchev–Trinajstić information content (AvgIpc) is 2.58. The Hall–Kier alpha value is -0.470. The van der Waals surface area contributed by atoms with E-state index in [1.807, 2.05) is 0 Å². The molecule has 0 unspecified atom stereocenters. The van der Waals surface area contributed by atoms with Gasteiger partial charge in [0.05, 0.1) is 15.5 Å². The quantitative estimate of drug-likeness (QED) is 0.230. The molecule has 30 heavy (non-hydrogen) atoms. The summed E-state index contributed by atoms with van der Waals surface area (Å²) in [6.45, 7) is 0. The first-order valence-corrected chi connectivity index (χ1v) is 10.6. The van der Waals surface area contributed by atoms with Crippen molar-refractivity contribution in [3.05, 3.63) is 47.5 Å². The number of benzene rings is 2. The number of hydrogen-bond donors (Lipinski definition) is 0. The van der Waals surface area contributed by atoms with Crippen LogP contribution in [0.15, 0.2) is 46.2 Å². The molecule has 0 saturated heterocycles. The van der Waals surface area contributed by atoms with E-state index >= 15 is 0 Å². The van der Waals surface area contributed by atoms with Crippen molar-refractivity contribution in [3.63, 3.8) is 0 Å². The van der Waals surface area contributed by atoms with E-state index in [4.69, 9.17) is 0 Å². The number of rotatable bonds is 6. The van der Waals surface area contributed by atoms with Crippen LogP contribution in [-0.4, -0.2) is 59.9 Å². The fourth-order valence-electron chi connectivity index (χ4n) is 2.55. The Labute approximate surface area is 220 Å². The minimum absolute atomic E-state index is 0. The van der Waals surface area contributed by atoms with Gasteiger partial charge in [-0.15, -0.1) is 0 Å². The Balaban J connectivity index is 0.00000420. The van der Waals surface area contributed by atoms with E-state index in [-0.39, 0.29) is 70.4 Å². The van der Waals surface area contributed by atoms with E-state index < -0.39 is 41.4 Å². The molecule has 0 spiro atoms. The molecule has 0 amide bonds. The minimum Gasteiger partial charge on any atom is -0.744 e. The summed E-state index contributed by atoms with van der Waals surface area (Å²) in [5.41, 5.74) is -0.182. The zero-order valence-corrected chi connectivity index (χ0v) is 23.2. The normalized spacial score (nSPS) is 11.1. The molecule has 152 valence electrons. The van der Waals surface area contributed by atoms with Gasteiger partial charge in [-0.25, -0.2) is 16.8 Å². The monoisotopic (exact) mass is 472 g/mol. The molecule has 0 aliphatic carbocycles. The SMILES string of the molecule is CN(C)c1ccc(C(=O)c2cc(S(=O)(=O)[O-])c(N(C)C)cc2S(=O)(=O)[O-])cc1.[Na+].[Na+]. The van der Waals surface area contributed by atoms with Gasteiger partial charge >= 0.3 is 59.1 Å². The van der Waals surface area contributed by atoms with E-state index in [0.717, 1.165) is 11.8 Å². The van der Waals surface area contributed by atoms with Crippen molar-refractivity contribution < 1.29 is 89.9 Å². The van der Waals surface area contributed by atoms with Crippen molar-refractivity contribution in [2.45, 2.75) is 9.79 Å². The molecule has 13 heteroatoms. The minimum atomic E-state index is -5.13. The second-order valence-electron chi connectivity index (χ2n) is 6.39. The molecule has 0 aliphatic heterocycles. The Morgan fingerprint density at radius 2 is 1.23 bits per heavy atom. The smallest absolute Gasteiger partial charge is 0.744 e. The Morgan fingerprint density at radius 3 is 1.60 bits per heavy atom. The molecule has 0 bridgehead atoms. The van der Waals surface area contributed by atoms with Crippen molar-refractivity contribution in [1.82, 2.24) is 0 Å². The summed E-state index contributed by atoms with van der Waals surface area (Å²) in [6.07, 6.45) is 0. The van der Waals surface area contributed by atoms with Crippen LogP contribution in [0.2, 0.25) is 0 Å². The molecule has 0 saturated carbocycles. The van der Waals surface area contributed by atoms with Crippen molar-refractivity contribution in [3.8, 4) is 0 Å². The third-order valence-corrected chi connectivity index (χ3v) is 5.71.